The molecule has 0 bridgehead atoms. The van der Waals surface area contributed by atoms with E-state index in [1.807, 2.05) is 37.4 Å². The zero-order valence-electron chi connectivity index (χ0n) is 20.5. The van der Waals surface area contributed by atoms with Gasteiger partial charge >= 0.3 is 0 Å². The zero-order valence-corrected chi connectivity index (χ0v) is 20.5. The number of hydrogen-bond acceptors (Lipinski definition) is 4. The Morgan fingerprint density at radius 1 is 1.24 bits per heavy atom. The highest BCUT2D eigenvalue weighted by molar-refractivity contribution is 5.97. The van der Waals surface area contributed by atoms with Crippen molar-refractivity contribution >= 4 is 22.9 Å². The first kappa shape index (κ1) is 22.6. The third kappa shape index (κ3) is 4.45. The number of benzene rings is 2. The van der Waals surface area contributed by atoms with Crippen LogP contribution in [-0.4, -0.2) is 42.0 Å². The lowest BCUT2D eigenvalue weighted by Gasteiger charge is -2.37. The molecule has 176 valence electrons. The molecule has 2 heterocycles. The van der Waals surface area contributed by atoms with Gasteiger partial charge < -0.3 is 10.1 Å². The quantitative estimate of drug-likeness (QED) is 0.513. The molecule has 1 aliphatic carbocycles. The number of likely N-dealkylation sites (tertiary alicyclic amines) is 1. The number of amides is 1. The molecule has 5 rings (SSSR count). The lowest BCUT2D eigenvalue weighted by Crippen LogP contribution is -2.48. The monoisotopic (exact) mass is 455 g/mol. The Hall–Kier alpha value is -3.18. The van der Waals surface area contributed by atoms with Gasteiger partial charge in [-0.15, -0.1) is 0 Å². The molecule has 2 aliphatic rings. The number of rotatable bonds is 7. The lowest BCUT2D eigenvalue weighted by molar-refractivity contribution is 0.0767. The summed E-state index contributed by atoms with van der Waals surface area (Å²) >= 11 is 0. The Kier molecular flexibility index (Phi) is 5.90. The van der Waals surface area contributed by atoms with Gasteiger partial charge in [0.25, 0.3) is 5.91 Å². The van der Waals surface area contributed by atoms with Crippen LogP contribution in [0, 0.1) is 6.92 Å². The van der Waals surface area contributed by atoms with Gasteiger partial charge in [-0.3, -0.25) is 14.7 Å². The zero-order chi connectivity index (χ0) is 23.9. The number of carbonyl (C=O) groups is 1. The number of fused-ring (bicyclic) bond motifs is 1. The maximum Gasteiger partial charge on any atom is 0.252 e. The minimum atomic E-state index is -0.359. The average molecular weight is 456 g/mol. The molecule has 0 radical (unpaired) electrons. The average Bonchev–Trinajstić information content (AvgIpc) is 3.58. The highest BCUT2D eigenvalue weighted by Crippen LogP contribution is 2.48. The minimum absolute atomic E-state index is 0.0501. The van der Waals surface area contributed by atoms with Crippen LogP contribution in [0.15, 0.2) is 54.2 Å². The van der Waals surface area contributed by atoms with Crippen molar-refractivity contribution in [2.45, 2.75) is 51.6 Å². The van der Waals surface area contributed by atoms with Crippen molar-refractivity contribution in [1.29, 1.82) is 0 Å². The van der Waals surface area contributed by atoms with E-state index in [2.05, 4.69) is 60.4 Å². The second kappa shape index (κ2) is 8.88. The maximum absolute atomic E-state index is 13.5. The highest BCUT2D eigenvalue weighted by atomic mass is 16.5. The smallest absolute Gasteiger partial charge is 0.252 e. The number of hydrogen-bond donors (Lipinski definition) is 1. The second-order valence-electron chi connectivity index (χ2n) is 10.1. The Morgan fingerprint density at radius 3 is 2.74 bits per heavy atom. The second-order valence-corrected chi connectivity index (χ2v) is 10.1. The fourth-order valence-corrected chi connectivity index (χ4v) is 4.80. The van der Waals surface area contributed by atoms with Gasteiger partial charge in [-0.1, -0.05) is 23.8 Å². The van der Waals surface area contributed by atoms with E-state index in [1.54, 1.807) is 0 Å². The van der Waals surface area contributed by atoms with Crippen molar-refractivity contribution in [2.24, 2.45) is 0 Å². The lowest BCUT2D eigenvalue weighted by atomic mass is 9.95. The van der Waals surface area contributed by atoms with Crippen LogP contribution >= 0.6 is 0 Å². The molecule has 3 aromatic rings. The molecule has 1 saturated carbocycles. The van der Waals surface area contributed by atoms with Gasteiger partial charge in [-0.2, -0.15) is 0 Å². The third-order valence-electron chi connectivity index (χ3n) is 7.15. The molecule has 34 heavy (non-hydrogen) atoms. The maximum atomic E-state index is 13.5. The summed E-state index contributed by atoms with van der Waals surface area (Å²) in [6, 6.07) is 14.7. The normalized spacial score (nSPS) is 18.8. The molecule has 1 N–H and O–H groups in total. The summed E-state index contributed by atoms with van der Waals surface area (Å²) in [6.45, 7) is 7.94. The highest BCUT2D eigenvalue weighted by Gasteiger charge is 2.47. The largest absolute Gasteiger partial charge is 0.492 e. The van der Waals surface area contributed by atoms with E-state index in [0.717, 1.165) is 59.2 Å². The van der Waals surface area contributed by atoms with Gasteiger partial charge in [0.05, 0.1) is 11.1 Å². The van der Waals surface area contributed by atoms with Gasteiger partial charge in [-0.25, -0.2) is 0 Å². The fraction of sp³-hybridized carbons (Fsp3) is 0.379. The number of aromatic nitrogens is 1. The van der Waals surface area contributed by atoms with Gasteiger partial charge in [0.2, 0.25) is 0 Å². The number of allylic oxidation sites excluding steroid dienone is 1. The summed E-state index contributed by atoms with van der Waals surface area (Å²) in [6.07, 6.45) is 6.99. The Balaban J connectivity index is 1.42. The number of likely N-dealkylation sites (N-methyl/N-ethyl adjacent to an activating group) is 1. The van der Waals surface area contributed by atoms with Gasteiger partial charge in [0, 0.05) is 23.2 Å². The van der Waals surface area contributed by atoms with Crippen LogP contribution in [0.1, 0.15) is 60.2 Å². The number of aryl methyl sites for hydroxylation is 1. The number of carbonyl (C=O) groups excluding carboxylic acids is 1. The predicted octanol–water partition coefficient (Wildman–Crippen LogP) is 5.47. The van der Waals surface area contributed by atoms with Crippen LogP contribution in [0.5, 0.6) is 5.75 Å². The molecule has 1 saturated heterocycles. The van der Waals surface area contributed by atoms with E-state index >= 15 is 0 Å². The van der Waals surface area contributed by atoms with Crippen LogP contribution in [0.4, 0.5) is 0 Å². The molecule has 1 aliphatic heterocycles. The number of ether oxygens (including phenoxy) is 1. The number of nitrogens with zero attached hydrogens (tertiary/aromatic N) is 2. The standard InChI is InChI=1S/C29H33N3O2/c1-19(2)14-21-15-26(24-6-5-12-30-27(24)16-21)29(10-11-29)31-28(33)25-17-23(8-7-20(25)3)34-18-22-9-13-32(22)4/h5-8,12,14-17,22H,9-11,13,18H2,1-4H3,(H,31,33)/t22-/m0/s1. The molecule has 1 aromatic heterocycles. The Morgan fingerprint density at radius 2 is 2.06 bits per heavy atom. The van der Waals surface area contributed by atoms with E-state index in [0.29, 0.717) is 18.2 Å². The third-order valence-corrected chi connectivity index (χ3v) is 7.15. The SMILES string of the molecule is CC(C)=Cc1cc(C2(NC(=O)c3cc(OC[C@@H]4CCN4C)ccc3C)CC2)c2cccnc2c1. The molecule has 1 amide bonds. The molecule has 2 aromatic carbocycles. The van der Waals surface area contributed by atoms with Crippen LogP contribution in [-0.2, 0) is 5.54 Å². The van der Waals surface area contributed by atoms with Crippen molar-refractivity contribution < 1.29 is 9.53 Å². The van der Waals surface area contributed by atoms with Crippen molar-refractivity contribution in [1.82, 2.24) is 15.2 Å². The first-order valence-electron chi connectivity index (χ1n) is 12.1. The Bertz CT molecular complexity index is 1270. The molecule has 5 nitrogen and oxygen atoms in total. The number of nitrogens with one attached hydrogen (secondary N) is 1. The molecule has 0 unspecified atom stereocenters. The topological polar surface area (TPSA) is 54.5 Å². The van der Waals surface area contributed by atoms with E-state index in [4.69, 9.17) is 4.74 Å². The summed E-state index contributed by atoms with van der Waals surface area (Å²) in [5.74, 6) is 0.701. The molecule has 0 spiro atoms. The predicted molar refractivity (Wildman–Crippen MR) is 137 cm³/mol. The van der Waals surface area contributed by atoms with E-state index in [-0.39, 0.29) is 11.4 Å². The van der Waals surface area contributed by atoms with Crippen LogP contribution < -0.4 is 10.1 Å². The molecule has 2 fully saturated rings. The molecule has 1 atom stereocenters. The van der Waals surface area contributed by atoms with Gasteiger partial charge in [0.15, 0.2) is 0 Å². The summed E-state index contributed by atoms with van der Waals surface area (Å²) < 4.78 is 6.03. The van der Waals surface area contributed by atoms with Crippen LogP contribution in [0.3, 0.4) is 0 Å². The summed E-state index contributed by atoms with van der Waals surface area (Å²) in [4.78, 5) is 20.4. The molecular weight excluding hydrogens is 422 g/mol. The summed E-state index contributed by atoms with van der Waals surface area (Å²) in [7, 11) is 2.12. The van der Waals surface area contributed by atoms with E-state index < -0.39 is 0 Å². The van der Waals surface area contributed by atoms with Gasteiger partial charge in [-0.05, 0) is 101 Å². The van der Waals surface area contributed by atoms with E-state index in [1.165, 1.54) is 5.57 Å². The molecular formula is C29H33N3O2. The van der Waals surface area contributed by atoms with Crippen molar-refractivity contribution in [2.75, 3.05) is 20.2 Å². The van der Waals surface area contributed by atoms with Crippen LogP contribution in [0.2, 0.25) is 0 Å². The van der Waals surface area contributed by atoms with E-state index in [9.17, 15) is 4.79 Å². The first-order chi connectivity index (χ1) is 16.3. The van der Waals surface area contributed by atoms with Crippen molar-refractivity contribution in [3.8, 4) is 5.75 Å². The van der Waals surface area contributed by atoms with Crippen molar-refractivity contribution in [3.63, 3.8) is 0 Å². The molecule has 5 heteroatoms. The van der Waals surface area contributed by atoms with Crippen LogP contribution in [0.25, 0.3) is 17.0 Å². The summed E-state index contributed by atoms with van der Waals surface area (Å²) in [5, 5.41) is 4.49. The fourth-order valence-electron chi connectivity index (χ4n) is 4.80. The first-order valence-corrected chi connectivity index (χ1v) is 12.1. The van der Waals surface area contributed by atoms with Gasteiger partial charge in [0.1, 0.15) is 12.4 Å². The van der Waals surface area contributed by atoms with Crippen molar-refractivity contribution in [3.05, 3.63) is 76.5 Å². The number of pyridine rings is 1. The summed E-state index contributed by atoms with van der Waals surface area (Å²) in [5.41, 5.74) is 5.73. The Labute approximate surface area is 201 Å². The minimum Gasteiger partial charge on any atom is -0.492 e.